The molecule has 142 valence electrons. The largest absolute Gasteiger partial charge is 0.476 e. The Morgan fingerprint density at radius 1 is 1.11 bits per heavy atom. The Morgan fingerprint density at radius 2 is 1.81 bits per heavy atom. The first-order chi connectivity index (χ1) is 12.9. The summed E-state index contributed by atoms with van der Waals surface area (Å²) in [7, 11) is 0. The molecule has 27 heavy (non-hydrogen) atoms. The number of carbonyl (C=O) groups is 2. The summed E-state index contributed by atoms with van der Waals surface area (Å²) in [4.78, 5) is 26.6. The van der Waals surface area contributed by atoms with Gasteiger partial charge in [-0.2, -0.15) is 0 Å². The lowest BCUT2D eigenvalue weighted by atomic mass is 10.0. The van der Waals surface area contributed by atoms with Crippen LogP contribution < -0.4 is 9.64 Å². The zero-order chi connectivity index (χ0) is 19.4. The minimum atomic E-state index is -1.31. The van der Waals surface area contributed by atoms with Crippen LogP contribution in [0, 0.1) is 5.82 Å². The Labute approximate surface area is 157 Å². The van der Waals surface area contributed by atoms with E-state index < -0.39 is 17.4 Å². The number of halogens is 1. The van der Waals surface area contributed by atoms with E-state index in [-0.39, 0.29) is 12.5 Å². The Bertz CT molecular complexity index is 832. The van der Waals surface area contributed by atoms with Crippen molar-refractivity contribution in [3.8, 4) is 5.75 Å². The predicted octanol–water partition coefficient (Wildman–Crippen LogP) is 3.51. The van der Waals surface area contributed by atoms with Crippen molar-refractivity contribution in [3.63, 3.8) is 0 Å². The highest BCUT2D eigenvalue weighted by atomic mass is 19.1. The van der Waals surface area contributed by atoms with Crippen LogP contribution in [0.25, 0.3) is 0 Å². The normalized spacial score (nSPS) is 13.7. The number of fused-ring (bicyclic) bond motifs is 1. The van der Waals surface area contributed by atoms with E-state index in [0.717, 1.165) is 24.1 Å². The van der Waals surface area contributed by atoms with Gasteiger partial charge in [-0.3, -0.25) is 4.79 Å². The molecule has 6 heteroatoms. The Morgan fingerprint density at radius 3 is 2.56 bits per heavy atom. The number of hydrogen-bond donors (Lipinski definition) is 0. The number of esters is 1. The molecule has 0 N–H and O–H groups in total. The fraction of sp³-hybridized carbons (Fsp3) is 0.333. The topological polar surface area (TPSA) is 55.8 Å². The molecule has 0 unspecified atom stereocenters. The van der Waals surface area contributed by atoms with Crippen LogP contribution in [0.3, 0.4) is 0 Å². The molecule has 1 amide bonds. The Balaban J connectivity index is 1.60. The lowest BCUT2D eigenvalue weighted by Gasteiger charge is -2.30. The molecule has 2 aromatic carbocycles. The van der Waals surface area contributed by atoms with Gasteiger partial charge in [0, 0.05) is 12.2 Å². The number of aryl methyl sites for hydroxylation is 1. The maximum atomic E-state index is 13.0. The minimum Gasteiger partial charge on any atom is -0.476 e. The van der Waals surface area contributed by atoms with Crippen LogP contribution >= 0.6 is 0 Å². The Kier molecular flexibility index (Phi) is 5.44. The molecule has 3 rings (SSSR count). The van der Waals surface area contributed by atoms with Crippen molar-refractivity contribution >= 4 is 17.6 Å². The van der Waals surface area contributed by atoms with E-state index >= 15 is 0 Å². The van der Waals surface area contributed by atoms with E-state index in [2.05, 4.69) is 0 Å². The summed E-state index contributed by atoms with van der Waals surface area (Å²) in [6.45, 7) is 3.32. The number of amides is 1. The highest BCUT2D eigenvalue weighted by Crippen LogP contribution is 2.27. The second-order valence-electron chi connectivity index (χ2n) is 6.92. The van der Waals surface area contributed by atoms with Crippen molar-refractivity contribution in [2.75, 3.05) is 18.1 Å². The lowest BCUT2D eigenvalue weighted by Crippen LogP contribution is -2.43. The molecule has 5 nitrogen and oxygen atoms in total. The van der Waals surface area contributed by atoms with E-state index in [4.69, 9.17) is 9.47 Å². The molecule has 0 saturated carbocycles. The van der Waals surface area contributed by atoms with Gasteiger partial charge in [-0.1, -0.05) is 18.2 Å². The summed E-state index contributed by atoms with van der Waals surface area (Å²) in [6.07, 6.45) is 1.80. The summed E-state index contributed by atoms with van der Waals surface area (Å²) in [5.41, 5.74) is 0.674. The molecule has 0 atom stereocenters. The smallest absolute Gasteiger partial charge is 0.350 e. The van der Waals surface area contributed by atoms with Gasteiger partial charge in [0.2, 0.25) is 0 Å². The van der Waals surface area contributed by atoms with Gasteiger partial charge < -0.3 is 14.4 Å². The second kappa shape index (κ2) is 7.78. The van der Waals surface area contributed by atoms with Gasteiger partial charge in [0.15, 0.2) is 12.2 Å². The third kappa shape index (κ3) is 4.45. The minimum absolute atomic E-state index is 0.270. The molecule has 0 spiro atoms. The van der Waals surface area contributed by atoms with Gasteiger partial charge in [-0.25, -0.2) is 9.18 Å². The van der Waals surface area contributed by atoms with E-state index in [9.17, 15) is 14.0 Å². The molecule has 1 aliphatic heterocycles. The number of hydrogen-bond acceptors (Lipinski definition) is 4. The molecule has 0 aromatic heterocycles. The highest BCUT2D eigenvalue weighted by molar-refractivity contribution is 5.96. The summed E-state index contributed by atoms with van der Waals surface area (Å²) in [5.74, 6) is -0.983. The number of ether oxygens (including phenoxy) is 2. The second-order valence-corrected chi connectivity index (χ2v) is 6.92. The van der Waals surface area contributed by atoms with E-state index in [1.165, 1.54) is 24.3 Å². The van der Waals surface area contributed by atoms with Gasteiger partial charge in [-0.05, 0) is 62.6 Å². The van der Waals surface area contributed by atoms with Crippen molar-refractivity contribution < 1.29 is 23.5 Å². The van der Waals surface area contributed by atoms with Crippen LogP contribution in [0.5, 0.6) is 5.75 Å². The Hall–Kier alpha value is -2.89. The third-order valence-corrected chi connectivity index (χ3v) is 4.42. The van der Waals surface area contributed by atoms with Gasteiger partial charge >= 0.3 is 5.97 Å². The van der Waals surface area contributed by atoms with Crippen LogP contribution in [-0.4, -0.2) is 30.6 Å². The van der Waals surface area contributed by atoms with Gasteiger partial charge in [0.25, 0.3) is 5.91 Å². The summed E-state index contributed by atoms with van der Waals surface area (Å²) >= 11 is 0. The van der Waals surface area contributed by atoms with Crippen molar-refractivity contribution in [2.45, 2.75) is 32.3 Å². The van der Waals surface area contributed by atoms with Gasteiger partial charge in [0.1, 0.15) is 11.6 Å². The third-order valence-electron chi connectivity index (χ3n) is 4.42. The number of anilines is 1. The zero-order valence-corrected chi connectivity index (χ0v) is 15.4. The zero-order valence-electron chi connectivity index (χ0n) is 15.4. The van der Waals surface area contributed by atoms with Crippen molar-refractivity contribution in [1.29, 1.82) is 0 Å². The number of benzene rings is 2. The van der Waals surface area contributed by atoms with Crippen molar-refractivity contribution in [2.24, 2.45) is 0 Å². The van der Waals surface area contributed by atoms with E-state index in [1.807, 2.05) is 24.3 Å². The molecular formula is C21H22FNO4. The van der Waals surface area contributed by atoms with Crippen molar-refractivity contribution in [1.82, 2.24) is 0 Å². The quantitative estimate of drug-likeness (QED) is 0.755. The van der Waals surface area contributed by atoms with Gasteiger partial charge in [0.05, 0.1) is 0 Å². The summed E-state index contributed by atoms with van der Waals surface area (Å²) in [6, 6.07) is 13.1. The first-order valence-corrected chi connectivity index (χ1v) is 8.87. The molecular weight excluding hydrogens is 349 g/mol. The van der Waals surface area contributed by atoms with E-state index in [0.29, 0.717) is 12.3 Å². The summed E-state index contributed by atoms with van der Waals surface area (Å²) < 4.78 is 23.8. The highest BCUT2D eigenvalue weighted by Gasteiger charge is 2.33. The molecule has 0 saturated heterocycles. The van der Waals surface area contributed by atoms with Gasteiger partial charge in [-0.15, -0.1) is 0 Å². The number of rotatable bonds is 5. The predicted molar refractivity (Wildman–Crippen MR) is 99.2 cm³/mol. The average molecular weight is 371 g/mol. The molecule has 0 radical (unpaired) electrons. The molecule has 0 fully saturated rings. The number of para-hydroxylation sites is 1. The summed E-state index contributed by atoms with van der Waals surface area (Å²) in [5, 5.41) is 0. The standard InChI is InChI=1S/C21H22FNO4/c1-21(2,27-17-11-9-16(22)10-12-17)20(25)26-14-19(24)23-13-5-7-15-6-3-4-8-18(15)23/h3-4,6,8-12H,5,7,13-14H2,1-2H3. The molecule has 0 aliphatic carbocycles. The molecule has 1 aliphatic rings. The van der Waals surface area contributed by atoms with Crippen LogP contribution in [0.1, 0.15) is 25.8 Å². The van der Waals surface area contributed by atoms with Crippen molar-refractivity contribution in [3.05, 3.63) is 59.9 Å². The first kappa shape index (κ1) is 18.9. The van der Waals surface area contributed by atoms with Crippen LogP contribution in [0.2, 0.25) is 0 Å². The lowest BCUT2D eigenvalue weighted by molar-refractivity contribution is -0.161. The number of nitrogens with zero attached hydrogens (tertiary/aromatic N) is 1. The fourth-order valence-electron chi connectivity index (χ4n) is 3.01. The average Bonchev–Trinajstić information content (AvgIpc) is 2.67. The monoisotopic (exact) mass is 371 g/mol. The first-order valence-electron chi connectivity index (χ1n) is 8.87. The molecule has 0 bridgehead atoms. The molecule has 1 heterocycles. The SMILES string of the molecule is CC(C)(Oc1ccc(F)cc1)C(=O)OCC(=O)N1CCCc2ccccc21. The van der Waals surface area contributed by atoms with Crippen LogP contribution in [0.4, 0.5) is 10.1 Å². The fourth-order valence-corrected chi connectivity index (χ4v) is 3.01. The van der Waals surface area contributed by atoms with E-state index in [1.54, 1.807) is 18.7 Å². The molecule has 2 aromatic rings. The van der Waals surface area contributed by atoms with Crippen LogP contribution in [-0.2, 0) is 20.7 Å². The maximum Gasteiger partial charge on any atom is 0.350 e. The maximum absolute atomic E-state index is 13.0. The van der Waals surface area contributed by atoms with Crippen LogP contribution in [0.15, 0.2) is 48.5 Å². The number of carbonyl (C=O) groups excluding carboxylic acids is 2.